The predicted octanol–water partition coefficient (Wildman–Crippen LogP) is 2.82. The Bertz CT molecular complexity index is 628. The van der Waals surface area contributed by atoms with E-state index < -0.39 is 0 Å². The van der Waals surface area contributed by atoms with Crippen molar-refractivity contribution in [2.24, 2.45) is 5.92 Å². The van der Waals surface area contributed by atoms with E-state index in [1.165, 1.54) is 25.0 Å². The van der Waals surface area contributed by atoms with Gasteiger partial charge in [0.15, 0.2) is 4.77 Å². The third kappa shape index (κ3) is 2.44. The summed E-state index contributed by atoms with van der Waals surface area (Å²) in [5, 5.41) is 0. The number of hydrogen-bond donors (Lipinski definition) is 1. The van der Waals surface area contributed by atoms with Crippen molar-refractivity contribution in [3.05, 3.63) is 23.2 Å². The van der Waals surface area contributed by atoms with Gasteiger partial charge in [0.1, 0.15) is 0 Å². The van der Waals surface area contributed by atoms with Gasteiger partial charge in [-0.3, -0.25) is 4.98 Å². The maximum Gasteiger partial charge on any atom is 0.178 e. The number of aromatic amines is 1. The second-order valence-corrected chi connectivity index (χ2v) is 6.06. The summed E-state index contributed by atoms with van der Waals surface area (Å²) >= 11 is 5.43. The Morgan fingerprint density at radius 2 is 2.37 bits per heavy atom. The molecule has 1 unspecified atom stereocenters. The summed E-state index contributed by atoms with van der Waals surface area (Å²) in [4.78, 5) is 9.92. The topological polar surface area (TPSA) is 36.9 Å². The number of nitrogens with one attached hydrogen (secondary N) is 1. The van der Waals surface area contributed by atoms with Gasteiger partial charge in [0, 0.05) is 25.3 Å². The van der Waals surface area contributed by atoms with E-state index in [0.29, 0.717) is 12.0 Å². The lowest BCUT2D eigenvalue weighted by Crippen LogP contribution is -2.28. The number of aromatic nitrogens is 3. The Labute approximate surface area is 118 Å². The van der Waals surface area contributed by atoms with Crippen molar-refractivity contribution in [1.29, 1.82) is 0 Å². The van der Waals surface area contributed by atoms with Gasteiger partial charge in [-0.05, 0) is 51.0 Å². The second kappa shape index (κ2) is 5.06. The molecule has 0 aromatic carbocycles. The predicted molar refractivity (Wildman–Crippen MR) is 79.7 cm³/mol. The number of hydrogen-bond acceptors (Lipinski definition) is 3. The molecule has 4 nitrogen and oxygen atoms in total. The summed E-state index contributed by atoms with van der Waals surface area (Å²) in [7, 11) is 0. The highest BCUT2D eigenvalue weighted by molar-refractivity contribution is 7.71. The van der Waals surface area contributed by atoms with E-state index in [1.54, 1.807) is 0 Å². The third-order valence-corrected chi connectivity index (χ3v) is 4.39. The summed E-state index contributed by atoms with van der Waals surface area (Å²) < 4.78 is 3.03. The fourth-order valence-electron chi connectivity index (χ4n) is 2.93. The summed E-state index contributed by atoms with van der Waals surface area (Å²) in [5.41, 5.74) is 2.20. The molecule has 19 heavy (non-hydrogen) atoms. The molecule has 1 aliphatic heterocycles. The summed E-state index contributed by atoms with van der Waals surface area (Å²) in [5.74, 6) is 0.696. The number of H-pyrrole nitrogens is 1. The molecule has 0 spiro atoms. The van der Waals surface area contributed by atoms with E-state index in [9.17, 15) is 0 Å². The van der Waals surface area contributed by atoms with Gasteiger partial charge in [-0.25, -0.2) is 0 Å². The van der Waals surface area contributed by atoms with Crippen LogP contribution >= 0.6 is 12.2 Å². The van der Waals surface area contributed by atoms with Crippen LogP contribution in [0.25, 0.3) is 11.0 Å². The van der Waals surface area contributed by atoms with Gasteiger partial charge in [-0.15, -0.1) is 0 Å². The van der Waals surface area contributed by atoms with Crippen molar-refractivity contribution in [3.8, 4) is 0 Å². The smallest absolute Gasteiger partial charge is 0.178 e. The fourth-order valence-corrected chi connectivity index (χ4v) is 3.21. The Kier molecular flexibility index (Phi) is 3.41. The Morgan fingerprint density at radius 1 is 1.53 bits per heavy atom. The van der Waals surface area contributed by atoms with Gasteiger partial charge < -0.3 is 14.5 Å². The van der Waals surface area contributed by atoms with Crippen LogP contribution in [0.1, 0.15) is 20.3 Å². The average molecular weight is 276 g/mol. The molecule has 2 aromatic rings. The third-order valence-electron chi connectivity index (χ3n) is 4.06. The average Bonchev–Trinajstić information content (AvgIpc) is 2.96. The van der Waals surface area contributed by atoms with E-state index in [1.807, 2.05) is 18.5 Å². The molecule has 3 rings (SSSR count). The molecule has 3 heterocycles. The van der Waals surface area contributed by atoms with Crippen LogP contribution in [-0.2, 0) is 6.54 Å². The Morgan fingerprint density at radius 3 is 3.11 bits per heavy atom. The van der Waals surface area contributed by atoms with Crippen molar-refractivity contribution >= 4 is 23.3 Å². The minimum atomic E-state index is 0.644. The van der Waals surface area contributed by atoms with Gasteiger partial charge in [-0.1, -0.05) is 0 Å². The number of rotatable bonds is 3. The first-order valence-electron chi connectivity index (χ1n) is 6.91. The minimum absolute atomic E-state index is 0.644. The fraction of sp³-hybridized carbons (Fsp3) is 0.571. The molecule has 0 saturated carbocycles. The van der Waals surface area contributed by atoms with Gasteiger partial charge in [0.25, 0.3) is 0 Å². The Balaban J connectivity index is 1.83. The van der Waals surface area contributed by atoms with Crippen molar-refractivity contribution in [3.63, 3.8) is 0 Å². The Hall–Kier alpha value is -1.20. The largest absolute Gasteiger partial charge is 0.329 e. The van der Waals surface area contributed by atoms with Crippen LogP contribution in [0, 0.1) is 10.7 Å². The van der Waals surface area contributed by atoms with Crippen molar-refractivity contribution in [2.45, 2.75) is 32.9 Å². The van der Waals surface area contributed by atoms with E-state index in [0.717, 1.165) is 16.8 Å². The maximum atomic E-state index is 5.43. The van der Waals surface area contributed by atoms with E-state index in [2.05, 4.69) is 33.3 Å². The van der Waals surface area contributed by atoms with Gasteiger partial charge in [-0.2, -0.15) is 0 Å². The molecule has 1 N–H and O–H groups in total. The molecule has 102 valence electrons. The lowest BCUT2D eigenvalue weighted by atomic mass is 10.1. The lowest BCUT2D eigenvalue weighted by molar-refractivity contribution is 0.261. The SMILES string of the molecule is CC(C)N1CCC(Cn2c(=S)[nH]c3cnccc32)C1. The van der Waals surface area contributed by atoms with E-state index in [-0.39, 0.29) is 0 Å². The van der Waals surface area contributed by atoms with Crippen LogP contribution < -0.4 is 0 Å². The van der Waals surface area contributed by atoms with Gasteiger partial charge in [0.05, 0.1) is 17.2 Å². The van der Waals surface area contributed by atoms with Crippen LogP contribution in [0.15, 0.2) is 18.5 Å². The van der Waals surface area contributed by atoms with E-state index >= 15 is 0 Å². The molecule has 0 amide bonds. The van der Waals surface area contributed by atoms with Crippen LogP contribution in [0.2, 0.25) is 0 Å². The molecule has 5 heteroatoms. The van der Waals surface area contributed by atoms with Crippen molar-refractivity contribution in [2.75, 3.05) is 13.1 Å². The molecular formula is C14H20N4S. The first kappa shape index (κ1) is 12.8. The number of imidazole rings is 1. The molecule has 2 aromatic heterocycles. The molecule has 0 bridgehead atoms. The normalized spacial score (nSPS) is 20.7. The van der Waals surface area contributed by atoms with Crippen molar-refractivity contribution in [1.82, 2.24) is 19.4 Å². The van der Waals surface area contributed by atoms with E-state index in [4.69, 9.17) is 12.2 Å². The monoisotopic (exact) mass is 276 g/mol. The highest BCUT2D eigenvalue weighted by atomic mass is 32.1. The molecule has 1 fully saturated rings. The maximum absolute atomic E-state index is 5.43. The summed E-state index contributed by atoms with van der Waals surface area (Å²) in [6, 6.07) is 2.68. The summed E-state index contributed by atoms with van der Waals surface area (Å²) in [6.07, 6.45) is 4.94. The first-order valence-corrected chi connectivity index (χ1v) is 7.32. The molecule has 0 radical (unpaired) electrons. The van der Waals surface area contributed by atoms with Crippen LogP contribution in [0.4, 0.5) is 0 Å². The van der Waals surface area contributed by atoms with Crippen LogP contribution in [0.3, 0.4) is 0 Å². The standard InChI is InChI=1S/C14H20N4S/c1-10(2)17-6-4-11(8-17)9-18-13-3-5-15-7-12(13)16-14(18)19/h3,5,7,10-11H,4,6,8-9H2,1-2H3,(H,16,19). The highest BCUT2D eigenvalue weighted by Gasteiger charge is 2.24. The lowest BCUT2D eigenvalue weighted by Gasteiger charge is -2.20. The molecular weight excluding hydrogens is 256 g/mol. The number of nitrogens with zero attached hydrogens (tertiary/aromatic N) is 3. The number of fused-ring (bicyclic) bond motifs is 1. The molecule has 0 aliphatic carbocycles. The molecule has 1 saturated heterocycles. The number of pyridine rings is 1. The minimum Gasteiger partial charge on any atom is -0.329 e. The zero-order valence-electron chi connectivity index (χ0n) is 11.5. The highest BCUT2D eigenvalue weighted by Crippen LogP contribution is 2.22. The number of likely N-dealkylation sites (tertiary alicyclic amines) is 1. The molecule has 1 atom stereocenters. The van der Waals surface area contributed by atoms with Crippen LogP contribution in [0.5, 0.6) is 0 Å². The zero-order chi connectivity index (χ0) is 13.4. The molecule has 1 aliphatic rings. The summed E-state index contributed by atoms with van der Waals surface area (Å²) in [6.45, 7) is 7.93. The van der Waals surface area contributed by atoms with Gasteiger partial charge in [0.2, 0.25) is 0 Å². The van der Waals surface area contributed by atoms with Crippen molar-refractivity contribution < 1.29 is 0 Å². The van der Waals surface area contributed by atoms with Gasteiger partial charge >= 0.3 is 0 Å². The first-order chi connectivity index (χ1) is 9.15. The van der Waals surface area contributed by atoms with Crippen LogP contribution in [-0.4, -0.2) is 38.6 Å². The second-order valence-electron chi connectivity index (χ2n) is 5.68. The zero-order valence-corrected chi connectivity index (χ0v) is 12.3. The quantitative estimate of drug-likeness (QED) is 0.876.